The summed E-state index contributed by atoms with van der Waals surface area (Å²) in [5, 5.41) is -0.501. The van der Waals surface area contributed by atoms with Crippen molar-refractivity contribution in [1.82, 2.24) is 4.98 Å². The SMILES string of the molecule is O=S(=O)(F)c1cc(N2CCCCCC2)ccn1. The van der Waals surface area contributed by atoms with Crippen molar-refractivity contribution in [2.24, 2.45) is 0 Å². The van der Waals surface area contributed by atoms with Gasteiger partial charge in [-0.15, -0.1) is 0 Å². The van der Waals surface area contributed by atoms with E-state index in [1.165, 1.54) is 25.1 Å². The molecular weight excluding hydrogens is 243 g/mol. The summed E-state index contributed by atoms with van der Waals surface area (Å²) in [4.78, 5) is 5.63. The predicted octanol–water partition coefficient (Wildman–Crippen LogP) is 2.12. The van der Waals surface area contributed by atoms with Gasteiger partial charge in [-0.3, -0.25) is 0 Å². The van der Waals surface area contributed by atoms with Gasteiger partial charge in [-0.2, -0.15) is 8.42 Å². The van der Waals surface area contributed by atoms with E-state index in [1.807, 2.05) is 0 Å². The second-order valence-electron chi connectivity index (χ2n) is 4.19. The van der Waals surface area contributed by atoms with Crippen LogP contribution in [0.3, 0.4) is 0 Å². The number of aromatic nitrogens is 1. The lowest BCUT2D eigenvalue weighted by molar-refractivity contribution is 0.547. The van der Waals surface area contributed by atoms with Gasteiger partial charge < -0.3 is 4.90 Å². The third-order valence-electron chi connectivity index (χ3n) is 2.94. The van der Waals surface area contributed by atoms with E-state index in [4.69, 9.17) is 0 Å². The van der Waals surface area contributed by atoms with Crippen LogP contribution in [0.15, 0.2) is 23.4 Å². The van der Waals surface area contributed by atoms with E-state index in [0.717, 1.165) is 31.6 Å². The van der Waals surface area contributed by atoms with Crippen LogP contribution >= 0.6 is 0 Å². The van der Waals surface area contributed by atoms with Crippen molar-refractivity contribution in [3.63, 3.8) is 0 Å². The van der Waals surface area contributed by atoms with Gasteiger partial charge >= 0.3 is 10.2 Å². The van der Waals surface area contributed by atoms with Gasteiger partial charge in [0.25, 0.3) is 0 Å². The molecule has 0 aliphatic carbocycles. The largest absolute Gasteiger partial charge is 0.371 e. The van der Waals surface area contributed by atoms with Crippen LogP contribution in [0, 0.1) is 0 Å². The zero-order valence-electron chi connectivity index (χ0n) is 9.47. The predicted molar refractivity (Wildman–Crippen MR) is 63.2 cm³/mol. The number of anilines is 1. The van der Waals surface area contributed by atoms with E-state index >= 15 is 0 Å². The molecule has 0 amide bonds. The van der Waals surface area contributed by atoms with Gasteiger partial charge in [0.2, 0.25) is 0 Å². The van der Waals surface area contributed by atoms with E-state index in [9.17, 15) is 12.3 Å². The highest BCUT2D eigenvalue weighted by Crippen LogP contribution is 2.21. The third-order valence-corrected chi connectivity index (χ3v) is 3.66. The second-order valence-corrected chi connectivity index (χ2v) is 5.49. The highest BCUT2D eigenvalue weighted by atomic mass is 32.3. The first-order valence-electron chi connectivity index (χ1n) is 5.73. The minimum Gasteiger partial charge on any atom is -0.371 e. The summed E-state index contributed by atoms with van der Waals surface area (Å²) in [6, 6.07) is 3.03. The molecule has 1 aliphatic heterocycles. The molecule has 0 unspecified atom stereocenters. The van der Waals surface area contributed by atoms with Crippen molar-refractivity contribution >= 4 is 15.9 Å². The van der Waals surface area contributed by atoms with Gasteiger partial charge in [-0.1, -0.05) is 16.7 Å². The topological polar surface area (TPSA) is 50.3 Å². The summed E-state index contributed by atoms with van der Waals surface area (Å²) >= 11 is 0. The summed E-state index contributed by atoms with van der Waals surface area (Å²) in [6.07, 6.45) is 5.89. The van der Waals surface area contributed by atoms with E-state index < -0.39 is 15.2 Å². The van der Waals surface area contributed by atoms with Crippen LogP contribution in [0.5, 0.6) is 0 Å². The van der Waals surface area contributed by atoms with Gasteiger partial charge in [0.05, 0.1) is 0 Å². The van der Waals surface area contributed by atoms with Crippen molar-refractivity contribution in [3.05, 3.63) is 18.3 Å². The molecule has 17 heavy (non-hydrogen) atoms. The average molecular weight is 258 g/mol. The molecular formula is C11H15FN2O2S. The van der Waals surface area contributed by atoms with Crippen LogP contribution in [0.25, 0.3) is 0 Å². The number of hydrogen-bond donors (Lipinski definition) is 0. The molecule has 6 heteroatoms. The number of pyridine rings is 1. The maximum absolute atomic E-state index is 12.8. The standard InChI is InChI=1S/C11H15FN2O2S/c12-17(15,16)11-9-10(5-6-13-11)14-7-3-1-2-4-8-14/h5-6,9H,1-4,7-8H2. The maximum Gasteiger partial charge on any atom is 0.349 e. The lowest BCUT2D eigenvalue weighted by Gasteiger charge is -2.22. The molecule has 0 aromatic carbocycles. The molecule has 2 heterocycles. The normalized spacial score (nSPS) is 17.8. The van der Waals surface area contributed by atoms with Crippen molar-refractivity contribution < 1.29 is 12.3 Å². The fourth-order valence-corrected chi connectivity index (χ4v) is 2.51. The zero-order valence-corrected chi connectivity index (χ0v) is 10.3. The van der Waals surface area contributed by atoms with E-state index in [-0.39, 0.29) is 0 Å². The smallest absolute Gasteiger partial charge is 0.349 e. The number of halogens is 1. The van der Waals surface area contributed by atoms with Crippen LogP contribution in [0.4, 0.5) is 9.57 Å². The Morgan fingerprint density at radius 3 is 2.41 bits per heavy atom. The highest BCUT2D eigenvalue weighted by molar-refractivity contribution is 7.86. The molecule has 4 nitrogen and oxygen atoms in total. The van der Waals surface area contributed by atoms with Gasteiger partial charge in [0, 0.05) is 31.0 Å². The molecule has 1 aliphatic rings. The van der Waals surface area contributed by atoms with Crippen LogP contribution in [-0.2, 0) is 10.2 Å². The lowest BCUT2D eigenvalue weighted by Crippen LogP contribution is -2.24. The van der Waals surface area contributed by atoms with Crippen LogP contribution < -0.4 is 4.90 Å². The molecule has 0 atom stereocenters. The first-order chi connectivity index (χ1) is 8.07. The average Bonchev–Trinajstić information content (AvgIpc) is 2.56. The molecule has 1 fully saturated rings. The Hall–Kier alpha value is -1.17. The van der Waals surface area contributed by atoms with Crippen molar-refractivity contribution in [1.29, 1.82) is 0 Å². The van der Waals surface area contributed by atoms with Gasteiger partial charge in [0.15, 0.2) is 5.03 Å². The Morgan fingerprint density at radius 2 is 1.82 bits per heavy atom. The molecule has 1 saturated heterocycles. The summed E-state index contributed by atoms with van der Waals surface area (Å²) in [5.41, 5.74) is 0.734. The highest BCUT2D eigenvalue weighted by Gasteiger charge is 2.16. The molecule has 1 aromatic heterocycles. The van der Waals surface area contributed by atoms with Crippen molar-refractivity contribution in [3.8, 4) is 0 Å². The van der Waals surface area contributed by atoms with Gasteiger partial charge in [-0.25, -0.2) is 4.98 Å². The molecule has 2 rings (SSSR count). The number of nitrogens with zero attached hydrogens (tertiary/aromatic N) is 2. The summed E-state index contributed by atoms with van der Waals surface area (Å²) < 4.78 is 34.4. The quantitative estimate of drug-likeness (QED) is 0.762. The monoisotopic (exact) mass is 258 g/mol. The maximum atomic E-state index is 12.8. The zero-order chi connectivity index (χ0) is 12.3. The van der Waals surface area contributed by atoms with Gasteiger partial charge in [-0.05, 0) is 18.9 Å². The lowest BCUT2D eigenvalue weighted by atomic mass is 10.2. The van der Waals surface area contributed by atoms with Crippen LogP contribution in [0.2, 0.25) is 0 Å². The van der Waals surface area contributed by atoms with Gasteiger partial charge in [0.1, 0.15) is 0 Å². The summed E-state index contributed by atoms with van der Waals surface area (Å²) in [6.45, 7) is 1.77. The van der Waals surface area contributed by atoms with E-state index in [1.54, 1.807) is 6.07 Å². The first kappa shape index (κ1) is 12.3. The first-order valence-corrected chi connectivity index (χ1v) is 7.11. The molecule has 0 bridgehead atoms. The van der Waals surface area contributed by atoms with Crippen molar-refractivity contribution in [2.45, 2.75) is 30.7 Å². The Morgan fingerprint density at radius 1 is 1.18 bits per heavy atom. The minimum atomic E-state index is -4.71. The number of hydrogen-bond acceptors (Lipinski definition) is 4. The van der Waals surface area contributed by atoms with E-state index in [2.05, 4.69) is 9.88 Å². The molecule has 0 N–H and O–H groups in total. The summed E-state index contributed by atoms with van der Waals surface area (Å²) in [5.74, 6) is 0. The molecule has 0 saturated carbocycles. The fourth-order valence-electron chi connectivity index (χ4n) is 2.06. The Kier molecular flexibility index (Phi) is 3.61. The second kappa shape index (κ2) is 5.00. The van der Waals surface area contributed by atoms with Crippen molar-refractivity contribution in [2.75, 3.05) is 18.0 Å². The number of rotatable bonds is 2. The molecule has 0 radical (unpaired) electrons. The summed E-state index contributed by atoms with van der Waals surface area (Å²) in [7, 11) is -4.71. The fraction of sp³-hybridized carbons (Fsp3) is 0.545. The molecule has 0 spiro atoms. The Balaban J connectivity index is 2.26. The third kappa shape index (κ3) is 3.15. The Bertz CT molecular complexity index is 482. The van der Waals surface area contributed by atoms with Crippen LogP contribution in [-0.4, -0.2) is 26.5 Å². The van der Waals surface area contributed by atoms with Crippen LogP contribution in [0.1, 0.15) is 25.7 Å². The minimum absolute atomic E-state index is 0.501. The molecule has 1 aromatic rings. The van der Waals surface area contributed by atoms with E-state index in [0.29, 0.717) is 0 Å². The Labute approximate surface area is 101 Å². The molecule has 94 valence electrons.